The number of aliphatic hydroxyl groups is 2. The molecule has 2 aromatic carbocycles. The molecule has 9 heteroatoms. The molecule has 0 saturated carbocycles. The quantitative estimate of drug-likeness (QED) is 0.488. The summed E-state index contributed by atoms with van der Waals surface area (Å²) in [5.41, 5.74) is 0.993. The third-order valence-corrected chi connectivity index (χ3v) is 6.76. The molecular formula is C26H28Cl2O7. The van der Waals surface area contributed by atoms with Gasteiger partial charge in [0.25, 0.3) is 0 Å². The summed E-state index contributed by atoms with van der Waals surface area (Å²) in [7, 11) is 0. The molecule has 35 heavy (non-hydrogen) atoms. The zero-order chi connectivity index (χ0) is 25.7. The molecule has 0 aromatic heterocycles. The monoisotopic (exact) mass is 522 g/mol. The molecule has 0 spiro atoms. The average Bonchev–Trinajstić information content (AvgIpc) is 2.81. The van der Waals surface area contributed by atoms with E-state index in [0.29, 0.717) is 22.0 Å². The number of esters is 1. The lowest BCUT2D eigenvalue weighted by atomic mass is 9.94. The number of aliphatic hydroxyl groups excluding tert-OH is 2. The van der Waals surface area contributed by atoms with E-state index in [9.17, 15) is 24.9 Å². The summed E-state index contributed by atoms with van der Waals surface area (Å²) in [6.07, 6.45) is 0.0221. The molecule has 188 valence electrons. The van der Waals surface area contributed by atoms with Crippen LogP contribution in [-0.4, -0.2) is 45.4 Å². The number of carbonyl (C=O) groups excluding carboxylic acids is 2. The number of fused-ring (bicyclic) bond motifs is 1. The van der Waals surface area contributed by atoms with Crippen molar-refractivity contribution >= 4 is 41.0 Å². The Morgan fingerprint density at radius 1 is 1.09 bits per heavy atom. The number of cyclic esters (lactones) is 1. The molecule has 7 nitrogen and oxygen atoms in total. The minimum absolute atomic E-state index is 0.0392. The highest BCUT2D eigenvalue weighted by molar-refractivity contribution is 6.42. The molecule has 1 aliphatic rings. The lowest BCUT2D eigenvalue weighted by molar-refractivity contribution is -0.133. The Morgan fingerprint density at radius 2 is 1.83 bits per heavy atom. The van der Waals surface area contributed by atoms with Crippen LogP contribution in [0.4, 0.5) is 0 Å². The first-order valence-electron chi connectivity index (χ1n) is 11.3. The molecule has 2 aromatic rings. The van der Waals surface area contributed by atoms with Gasteiger partial charge in [-0.25, -0.2) is 4.79 Å². The number of rotatable bonds is 3. The summed E-state index contributed by atoms with van der Waals surface area (Å²) in [5.74, 6) is -1.43. The maximum atomic E-state index is 13.0. The number of carbonyl (C=O) groups is 2. The van der Waals surface area contributed by atoms with Gasteiger partial charge in [0.1, 0.15) is 35.9 Å². The zero-order valence-electron chi connectivity index (χ0n) is 19.4. The highest BCUT2D eigenvalue weighted by Gasteiger charge is 2.27. The minimum Gasteiger partial charge on any atom is -0.507 e. The van der Waals surface area contributed by atoms with Crippen LogP contribution in [-0.2, 0) is 16.1 Å². The third kappa shape index (κ3) is 6.98. The Hall–Kier alpha value is -2.58. The van der Waals surface area contributed by atoms with E-state index in [-0.39, 0.29) is 42.4 Å². The minimum atomic E-state index is -1.51. The first-order valence-corrected chi connectivity index (χ1v) is 12.0. The lowest BCUT2D eigenvalue weighted by Crippen LogP contribution is -2.34. The van der Waals surface area contributed by atoms with E-state index in [2.05, 4.69) is 0 Å². The van der Waals surface area contributed by atoms with Crippen molar-refractivity contribution in [1.29, 1.82) is 0 Å². The highest BCUT2D eigenvalue weighted by Crippen LogP contribution is 2.32. The van der Waals surface area contributed by atoms with Gasteiger partial charge in [-0.3, -0.25) is 4.79 Å². The van der Waals surface area contributed by atoms with Crippen LogP contribution in [0.5, 0.6) is 11.5 Å². The van der Waals surface area contributed by atoms with E-state index < -0.39 is 30.1 Å². The third-order valence-electron chi connectivity index (χ3n) is 6.02. The Bertz CT molecular complexity index is 1120. The summed E-state index contributed by atoms with van der Waals surface area (Å²) in [6.45, 7) is 3.65. The normalized spacial score (nSPS) is 24.7. The van der Waals surface area contributed by atoms with Gasteiger partial charge in [-0.05, 0) is 55.0 Å². The second-order valence-corrected chi connectivity index (χ2v) is 9.50. The standard InChI is InChI=1S/C26H28Cl2O7/c1-14-6-9-22(30)25(32)21(29)5-3-4-17-11-18(12-23(31)24(17)26(33)35-15(14)2)34-13-16-7-8-19(27)20(28)10-16/h3-4,7-8,10-12,14-15,21,25,29,31-32H,5-6,9,13H2,1-2H3/b4-3+/t14?,15-,21-,25-/m0/s1. The van der Waals surface area contributed by atoms with Gasteiger partial charge in [0.05, 0.1) is 16.1 Å². The topological polar surface area (TPSA) is 113 Å². The summed E-state index contributed by atoms with van der Waals surface area (Å²) < 4.78 is 11.4. The fraction of sp³-hybridized carbons (Fsp3) is 0.385. The lowest BCUT2D eigenvalue weighted by Gasteiger charge is -2.23. The Morgan fingerprint density at radius 3 is 2.54 bits per heavy atom. The maximum Gasteiger partial charge on any atom is 0.342 e. The summed E-state index contributed by atoms with van der Waals surface area (Å²) in [4.78, 5) is 25.2. The Labute approximate surface area is 213 Å². The number of phenols is 1. The molecule has 0 bridgehead atoms. The van der Waals surface area contributed by atoms with Crippen molar-refractivity contribution in [3.63, 3.8) is 0 Å². The van der Waals surface area contributed by atoms with Crippen molar-refractivity contribution in [2.45, 2.75) is 58.0 Å². The number of ether oxygens (including phenoxy) is 2. The fourth-order valence-electron chi connectivity index (χ4n) is 3.63. The smallest absolute Gasteiger partial charge is 0.342 e. The van der Waals surface area contributed by atoms with Gasteiger partial charge in [-0.2, -0.15) is 0 Å². The van der Waals surface area contributed by atoms with Crippen LogP contribution in [0.2, 0.25) is 10.0 Å². The average molecular weight is 523 g/mol. The fourth-order valence-corrected chi connectivity index (χ4v) is 3.95. The van der Waals surface area contributed by atoms with Crippen molar-refractivity contribution in [2.24, 2.45) is 5.92 Å². The first-order chi connectivity index (χ1) is 16.6. The van der Waals surface area contributed by atoms with Gasteiger partial charge in [0.15, 0.2) is 5.78 Å². The van der Waals surface area contributed by atoms with Crippen LogP contribution < -0.4 is 4.74 Å². The van der Waals surface area contributed by atoms with Crippen molar-refractivity contribution < 1.29 is 34.4 Å². The van der Waals surface area contributed by atoms with Crippen molar-refractivity contribution in [3.05, 3.63) is 63.1 Å². The van der Waals surface area contributed by atoms with Gasteiger partial charge >= 0.3 is 5.97 Å². The van der Waals surface area contributed by atoms with Gasteiger partial charge < -0.3 is 24.8 Å². The predicted octanol–water partition coefficient (Wildman–Crippen LogP) is 4.95. The second-order valence-electron chi connectivity index (χ2n) is 8.69. The van der Waals surface area contributed by atoms with Gasteiger partial charge in [-0.15, -0.1) is 0 Å². The van der Waals surface area contributed by atoms with E-state index in [0.717, 1.165) is 5.56 Å². The molecule has 0 amide bonds. The van der Waals surface area contributed by atoms with Crippen LogP contribution in [0.15, 0.2) is 36.4 Å². The summed E-state index contributed by atoms with van der Waals surface area (Å²) in [5, 5.41) is 31.9. The van der Waals surface area contributed by atoms with Crippen molar-refractivity contribution in [2.75, 3.05) is 0 Å². The van der Waals surface area contributed by atoms with E-state index in [1.165, 1.54) is 18.2 Å². The first kappa shape index (κ1) is 27.0. The number of Topliss-reactive ketones (excluding diaryl/α,β-unsaturated/α-hetero) is 1. The van der Waals surface area contributed by atoms with Gasteiger partial charge in [0.2, 0.25) is 0 Å². The maximum absolute atomic E-state index is 13.0. The Kier molecular flexibility index (Phi) is 9.19. The summed E-state index contributed by atoms with van der Waals surface area (Å²) in [6, 6.07) is 7.94. The second kappa shape index (κ2) is 11.9. The SMILES string of the molecule is CC1CCC(=O)[C@@H](O)[C@@H](O)C/C=C/c2cc(OCc3ccc(Cl)c(Cl)c3)cc(O)c2C(=O)O[C@H]1C. The van der Waals surface area contributed by atoms with E-state index in [1.807, 2.05) is 6.92 Å². The van der Waals surface area contributed by atoms with Crippen LogP contribution in [0.3, 0.4) is 0 Å². The molecule has 0 saturated heterocycles. The number of aromatic hydroxyl groups is 1. The molecule has 0 radical (unpaired) electrons. The number of hydrogen-bond donors (Lipinski definition) is 3. The largest absolute Gasteiger partial charge is 0.507 e. The summed E-state index contributed by atoms with van der Waals surface area (Å²) >= 11 is 12.0. The molecule has 1 unspecified atom stereocenters. The van der Waals surface area contributed by atoms with Crippen molar-refractivity contribution in [1.82, 2.24) is 0 Å². The number of phenolic OH excluding ortho intramolecular Hbond substituents is 1. The van der Waals surface area contributed by atoms with Gasteiger partial charge in [-0.1, -0.05) is 48.3 Å². The molecule has 3 rings (SSSR count). The number of hydrogen-bond acceptors (Lipinski definition) is 7. The van der Waals surface area contributed by atoms with Crippen LogP contribution in [0, 0.1) is 5.92 Å². The molecular weight excluding hydrogens is 495 g/mol. The van der Waals surface area contributed by atoms with E-state index >= 15 is 0 Å². The number of benzene rings is 2. The molecule has 4 atom stereocenters. The number of ketones is 1. The van der Waals surface area contributed by atoms with E-state index in [1.54, 1.807) is 31.2 Å². The number of halogens is 2. The van der Waals surface area contributed by atoms with Gasteiger partial charge in [0, 0.05) is 12.5 Å². The highest BCUT2D eigenvalue weighted by atomic mass is 35.5. The van der Waals surface area contributed by atoms with Crippen molar-refractivity contribution in [3.8, 4) is 11.5 Å². The van der Waals surface area contributed by atoms with E-state index in [4.69, 9.17) is 32.7 Å². The molecule has 1 aliphatic heterocycles. The van der Waals surface area contributed by atoms with Crippen LogP contribution in [0.1, 0.15) is 54.6 Å². The predicted molar refractivity (Wildman–Crippen MR) is 133 cm³/mol. The molecule has 1 heterocycles. The zero-order valence-corrected chi connectivity index (χ0v) is 20.9. The Balaban J connectivity index is 1.92. The molecule has 3 N–H and O–H groups in total. The molecule has 0 aliphatic carbocycles. The molecule has 0 fully saturated rings. The van der Waals surface area contributed by atoms with Crippen LogP contribution in [0.25, 0.3) is 6.08 Å². The van der Waals surface area contributed by atoms with Crippen LogP contribution >= 0.6 is 23.2 Å².